The van der Waals surface area contributed by atoms with Gasteiger partial charge in [0, 0.05) is 44.5 Å². The SMILES string of the molecule is COC1(c2csc(Sc3ccc4c(c3)OCCC4=O)c2)CCOCC1. The molecular formula is C19H20O4S2. The Hall–Kier alpha value is -1.34. The van der Waals surface area contributed by atoms with Crippen LogP contribution in [0.1, 0.15) is 35.2 Å². The van der Waals surface area contributed by atoms with Crippen LogP contribution >= 0.6 is 23.1 Å². The topological polar surface area (TPSA) is 44.8 Å². The maximum atomic E-state index is 11.9. The molecule has 2 aliphatic rings. The lowest BCUT2D eigenvalue weighted by atomic mass is 9.88. The minimum atomic E-state index is -0.223. The van der Waals surface area contributed by atoms with Gasteiger partial charge in [0.25, 0.3) is 0 Å². The number of carbonyl (C=O) groups excluding carboxylic acids is 1. The average molecular weight is 376 g/mol. The molecule has 0 N–H and O–H groups in total. The summed E-state index contributed by atoms with van der Waals surface area (Å²) in [5.74, 6) is 0.869. The smallest absolute Gasteiger partial charge is 0.169 e. The summed E-state index contributed by atoms with van der Waals surface area (Å²) in [5.41, 5.74) is 1.71. The standard InChI is InChI=1S/C19H20O4S2/c1-21-19(5-8-22-9-6-19)13-10-18(24-12-13)25-14-2-3-15-16(20)4-7-23-17(15)11-14/h2-3,10-12H,4-9H2,1H3. The Morgan fingerprint density at radius 2 is 2.04 bits per heavy atom. The zero-order valence-electron chi connectivity index (χ0n) is 14.1. The van der Waals surface area contributed by atoms with Crippen LogP contribution in [0, 0.1) is 0 Å². The van der Waals surface area contributed by atoms with Gasteiger partial charge in [-0.3, -0.25) is 4.79 Å². The second-order valence-corrected chi connectivity index (χ2v) is 8.53. The highest BCUT2D eigenvalue weighted by Gasteiger charge is 2.35. The molecule has 0 atom stereocenters. The molecule has 25 heavy (non-hydrogen) atoms. The Morgan fingerprint density at radius 1 is 1.20 bits per heavy atom. The lowest BCUT2D eigenvalue weighted by Gasteiger charge is -2.35. The number of methoxy groups -OCH3 is 1. The first-order valence-electron chi connectivity index (χ1n) is 8.40. The molecule has 4 rings (SSSR count). The summed E-state index contributed by atoms with van der Waals surface area (Å²) in [5, 5.41) is 2.19. The van der Waals surface area contributed by atoms with E-state index in [0.717, 1.165) is 31.0 Å². The van der Waals surface area contributed by atoms with Crippen LogP contribution in [-0.4, -0.2) is 32.7 Å². The maximum Gasteiger partial charge on any atom is 0.169 e. The van der Waals surface area contributed by atoms with Crippen LogP contribution in [0.2, 0.25) is 0 Å². The fourth-order valence-corrected chi connectivity index (χ4v) is 5.41. The molecule has 0 spiro atoms. The van der Waals surface area contributed by atoms with E-state index in [1.807, 2.05) is 18.2 Å². The van der Waals surface area contributed by atoms with E-state index in [2.05, 4.69) is 11.4 Å². The van der Waals surface area contributed by atoms with E-state index in [0.29, 0.717) is 24.3 Å². The van der Waals surface area contributed by atoms with Gasteiger partial charge >= 0.3 is 0 Å². The van der Waals surface area contributed by atoms with Crippen molar-refractivity contribution in [3.63, 3.8) is 0 Å². The minimum Gasteiger partial charge on any atom is -0.492 e. The third kappa shape index (κ3) is 3.36. The van der Waals surface area contributed by atoms with E-state index in [9.17, 15) is 4.79 Å². The third-order valence-electron chi connectivity index (χ3n) is 4.85. The van der Waals surface area contributed by atoms with Crippen LogP contribution in [0.25, 0.3) is 0 Å². The van der Waals surface area contributed by atoms with Crippen molar-refractivity contribution in [2.75, 3.05) is 26.9 Å². The van der Waals surface area contributed by atoms with Crippen LogP contribution in [0.3, 0.4) is 0 Å². The van der Waals surface area contributed by atoms with E-state index >= 15 is 0 Å². The molecule has 1 aromatic heterocycles. The molecule has 0 bridgehead atoms. The van der Waals surface area contributed by atoms with Crippen molar-refractivity contribution in [2.24, 2.45) is 0 Å². The molecule has 2 aliphatic heterocycles. The van der Waals surface area contributed by atoms with Crippen molar-refractivity contribution in [3.05, 3.63) is 40.8 Å². The van der Waals surface area contributed by atoms with Crippen molar-refractivity contribution in [1.82, 2.24) is 0 Å². The summed E-state index contributed by atoms with van der Waals surface area (Å²) in [6.45, 7) is 1.95. The molecule has 4 nitrogen and oxygen atoms in total. The highest BCUT2D eigenvalue weighted by Crippen LogP contribution is 2.42. The van der Waals surface area contributed by atoms with Gasteiger partial charge in [0.05, 0.1) is 22.0 Å². The zero-order valence-corrected chi connectivity index (χ0v) is 15.7. The van der Waals surface area contributed by atoms with Gasteiger partial charge in [-0.15, -0.1) is 11.3 Å². The number of fused-ring (bicyclic) bond motifs is 1. The average Bonchev–Trinajstić information content (AvgIpc) is 3.11. The summed E-state index contributed by atoms with van der Waals surface area (Å²) >= 11 is 3.42. The van der Waals surface area contributed by atoms with Crippen LogP contribution in [-0.2, 0) is 15.1 Å². The van der Waals surface area contributed by atoms with Crippen molar-refractivity contribution in [3.8, 4) is 5.75 Å². The Bertz CT molecular complexity index is 777. The van der Waals surface area contributed by atoms with Gasteiger partial charge in [-0.25, -0.2) is 0 Å². The summed E-state index contributed by atoms with van der Waals surface area (Å²) in [4.78, 5) is 13.0. The number of thiophene rings is 1. The second-order valence-electron chi connectivity index (χ2n) is 6.25. The number of ether oxygens (including phenoxy) is 3. The first-order chi connectivity index (χ1) is 12.2. The predicted molar refractivity (Wildman–Crippen MR) is 98.1 cm³/mol. The molecule has 0 amide bonds. The van der Waals surface area contributed by atoms with Gasteiger partial charge in [0.15, 0.2) is 5.78 Å². The Labute approximate surface area is 155 Å². The van der Waals surface area contributed by atoms with Gasteiger partial charge in [0.1, 0.15) is 5.75 Å². The quantitative estimate of drug-likeness (QED) is 0.785. The van der Waals surface area contributed by atoms with Crippen molar-refractivity contribution in [2.45, 2.75) is 34.0 Å². The number of hydrogen-bond acceptors (Lipinski definition) is 6. The molecule has 2 aromatic rings. The summed E-state index contributed by atoms with van der Waals surface area (Å²) in [6.07, 6.45) is 2.24. The van der Waals surface area contributed by atoms with Gasteiger partial charge in [-0.2, -0.15) is 0 Å². The molecule has 1 fully saturated rings. The molecule has 3 heterocycles. The summed E-state index contributed by atoms with van der Waals surface area (Å²) in [6, 6.07) is 8.06. The third-order valence-corrected chi connectivity index (χ3v) is 6.92. The van der Waals surface area contributed by atoms with Gasteiger partial charge in [-0.05, 0) is 35.2 Å². The zero-order chi connectivity index (χ0) is 17.3. The highest BCUT2D eigenvalue weighted by molar-refractivity contribution is 8.01. The number of hydrogen-bond donors (Lipinski definition) is 0. The molecule has 0 radical (unpaired) electrons. The van der Waals surface area contributed by atoms with Gasteiger partial charge in [-0.1, -0.05) is 11.8 Å². The van der Waals surface area contributed by atoms with Crippen molar-refractivity contribution < 1.29 is 19.0 Å². The Kier molecular flexibility index (Phi) is 4.86. The first-order valence-corrected chi connectivity index (χ1v) is 10.1. The molecule has 132 valence electrons. The second kappa shape index (κ2) is 7.11. The van der Waals surface area contributed by atoms with E-state index in [1.54, 1.807) is 30.2 Å². The largest absolute Gasteiger partial charge is 0.492 e. The monoisotopic (exact) mass is 376 g/mol. The molecular weight excluding hydrogens is 356 g/mol. The van der Waals surface area contributed by atoms with E-state index < -0.39 is 0 Å². The molecule has 1 aromatic carbocycles. The molecule has 1 saturated heterocycles. The molecule has 6 heteroatoms. The van der Waals surface area contributed by atoms with Crippen LogP contribution in [0.4, 0.5) is 0 Å². The fourth-order valence-electron chi connectivity index (χ4n) is 3.34. The molecule has 0 unspecified atom stereocenters. The molecule has 0 saturated carbocycles. The Balaban J connectivity index is 1.54. The van der Waals surface area contributed by atoms with Crippen LogP contribution in [0.15, 0.2) is 38.8 Å². The predicted octanol–water partition coefficient (Wildman–Crippen LogP) is 4.52. The first kappa shape index (κ1) is 17.1. The number of ketones is 1. The van der Waals surface area contributed by atoms with E-state index in [4.69, 9.17) is 14.2 Å². The fraction of sp³-hybridized carbons (Fsp3) is 0.421. The van der Waals surface area contributed by atoms with Gasteiger partial charge in [0.2, 0.25) is 0 Å². The maximum absolute atomic E-state index is 11.9. The normalized spacial score (nSPS) is 19.3. The summed E-state index contributed by atoms with van der Waals surface area (Å²) < 4.78 is 18.2. The van der Waals surface area contributed by atoms with Crippen molar-refractivity contribution >= 4 is 28.9 Å². The number of Topliss-reactive ketones (excluding diaryl/α,β-unsaturated/α-hetero) is 1. The number of carbonyl (C=O) groups is 1. The minimum absolute atomic E-state index is 0.165. The van der Waals surface area contributed by atoms with E-state index in [1.165, 1.54) is 9.77 Å². The van der Waals surface area contributed by atoms with Crippen LogP contribution < -0.4 is 4.74 Å². The summed E-state index contributed by atoms with van der Waals surface area (Å²) in [7, 11) is 1.79. The Morgan fingerprint density at radius 3 is 2.84 bits per heavy atom. The number of rotatable bonds is 4. The van der Waals surface area contributed by atoms with E-state index in [-0.39, 0.29) is 11.4 Å². The van der Waals surface area contributed by atoms with Crippen LogP contribution in [0.5, 0.6) is 5.75 Å². The van der Waals surface area contributed by atoms with Crippen molar-refractivity contribution in [1.29, 1.82) is 0 Å². The number of benzene rings is 1. The molecule has 0 aliphatic carbocycles. The highest BCUT2D eigenvalue weighted by atomic mass is 32.2. The lowest BCUT2D eigenvalue weighted by Crippen LogP contribution is -2.35. The lowest BCUT2D eigenvalue weighted by molar-refractivity contribution is -0.0946. The van der Waals surface area contributed by atoms with Gasteiger partial charge < -0.3 is 14.2 Å².